The van der Waals surface area contributed by atoms with Crippen molar-refractivity contribution in [3.8, 4) is 0 Å². The van der Waals surface area contributed by atoms with E-state index in [2.05, 4.69) is 25.9 Å². The first-order valence-corrected chi connectivity index (χ1v) is 12.2. The average Bonchev–Trinajstić information content (AvgIpc) is 3.24. The van der Waals surface area contributed by atoms with Gasteiger partial charge in [0.05, 0.1) is 12.4 Å². The summed E-state index contributed by atoms with van der Waals surface area (Å²) in [6.07, 6.45) is 4.09. The third-order valence-corrected chi connectivity index (χ3v) is 5.34. The number of hydrogen-bond donors (Lipinski definition) is 6. The third kappa shape index (κ3) is 11.3. The topological polar surface area (TPSA) is 179 Å². The molecule has 4 atom stereocenters. The molecule has 4 unspecified atom stereocenters. The molecule has 1 aromatic rings. The molecular weight excluding hydrogens is 452 g/mol. The molecular formula is C24H42N6O5. The number of rotatable bonds is 15. The Morgan fingerprint density at radius 1 is 0.829 bits per heavy atom. The number of carboxylic acids is 1. The molecule has 0 spiro atoms. The summed E-state index contributed by atoms with van der Waals surface area (Å²) in [6.45, 7) is 11.4. The molecule has 0 bridgehead atoms. The van der Waals surface area contributed by atoms with E-state index in [1.54, 1.807) is 0 Å². The van der Waals surface area contributed by atoms with Gasteiger partial charge in [-0.15, -0.1) is 0 Å². The molecule has 0 radical (unpaired) electrons. The second kappa shape index (κ2) is 14.4. The summed E-state index contributed by atoms with van der Waals surface area (Å²) in [5.41, 5.74) is 6.57. The lowest BCUT2D eigenvalue weighted by Gasteiger charge is -2.26. The smallest absolute Gasteiger partial charge is 0.326 e. The Morgan fingerprint density at radius 3 is 1.80 bits per heavy atom. The maximum atomic E-state index is 13.2. The molecule has 1 heterocycles. The molecule has 0 aliphatic rings. The summed E-state index contributed by atoms with van der Waals surface area (Å²) in [6, 6.07) is -3.82. The molecule has 11 heteroatoms. The van der Waals surface area contributed by atoms with E-state index in [-0.39, 0.29) is 30.6 Å². The number of amides is 3. The highest BCUT2D eigenvalue weighted by Crippen LogP contribution is 2.10. The van der Waals surface area contributed by atoms with E-state index >= 15 is 0 Å². The number of nitrogens with zero attached hydrogens (tertiary/aromatic N) is 1. The van der Waals surface area contributed by atoms with Crippen molar-refractivity contribution in [1.82, 2.24) is 25.9 Å². The lowest BCUT2D eigenvalue weighted by atomic mass is 9.99. The summed E-state index contributed by atoms with van der Waals surface area (Å²) in [4.78, 5) is 57.3. The maximum Gasteiger partial charge on any atom is 0.326 e. The number of aromatic nitrogens is 2. The molecule has 7 N–H and O–H groups in total. The molecule has 0 aliphatic carbocycles. The van der Waals surface area contributed by atoms with Crippen LogP contribution in [0.1, 0.15) is 66.5 Å². The predicted octanol–water partition coefficient (Wildman–Crippen LogP) is 0.957. The minimum Gasteiger partial charge on any atom is -0.480 e. The van der Waals surface area contributed by atoms with Crippen LogP contribution in [0.2, 0.25) is 0 Å². The van der Waals surface area contributed by atoms with Crippen molar-refractivity contribution in [1.29, 1.82) is 0 Å². The van der Waals surface area contributed by atoms with Gasteiger partial charge in [-0.1, -0.05) is 41.5 Å². The van der Waals surface area contributed by atoms with Crippen molar-refractivity contribution in [2.45, 2.75) is 91.4 Å². The van der Waals surface area contributed by atoms with Crippen LogP contribution in [0, 0.1) is 17.8 Å². The standard InChI is InChI=1S/C24H42N6O5/c1-13(2)7-17(25)21(31)28-18(8-14(3)4)22(32)29-19(10-16-11-26-12-27-16)23(33)30-20(24(34)35)9-15(5)6/h11-15,17-20H,7-10,25H2,1-6H3,(H,26,27)(H,28,31)(H,29,32)(H,30,33)(H,34,35). The number of hydrogen-bond acceptors (Lipinski definition) is 6. The quantitative estimate of drug-likeness (QED) is 0.210. The zero-order valence-electron chi connectivity index (χ0n) is 21.6. The number of carbonyl (C=O) groups excluding carboxylic acids is 3. The SMILES string of the molecule is CC(C)CC(N)C(=O)NC(CC(C)C)C(=O)NC(Cc1cnc[nH]1)C(=O)NC(CC(C)C)C(=O)O. The first kappa shape index (κ1) is 30.1. The number of imidazole rings is 1. The van der Waals surface area contributed by atoms with E-state index in [0.29, 0.717) is 18.5 Å². The van der Waals surface area contributed by atoms with Gasteiger partial charge < -0.3 is 31.8 Å². The van der Waals surface area contributed by atoms with Crippen molar-refractivity contribution in [3.05, 3.63) is 18.2 Å². The van der Waals surface area contributed by atoms with E-state index in [0.717, 1.165) is 0 Å². The van der Waals surface area contributed by atoms with Crippen LogP contribution in [-0.4, -0.2) is 62.9 Å². The molecule has 0 aromatic carbocycles. The zero-order chi connectivity index (χ0) is 26.7. The van der Waals surface area contributed by atoms with Gasteiger partial charge in [-0.2, -0.15) is 0 Å². The van der Waals surface area contributed by atoms with Crippen LogP contribution in [0.25, 0.3) is 0 Å². The van der Waals surface area contributed by atoms with Gasteiger partial charge in [0.15, 0.2) is 0 Å². The number of aromatic amines is 1. The molecule has 0 saturated heterocycles. The number of nitrogens with two attached hydrogens (primary N) is 1. The minimum atomic E-state index is -1.15. The zero-order valence-corrected chi connectivity index (χ0v) is 21.6. The first-order valence-electron chi connectivity index (χ1n) is 12.2. The normalized spacial score (nSPS) is 14.9. The van der Waals surface area contributed by atoms with Crippen LogP contribution in [0.5, 0.6) is 0 Å². The van der Waals surface area contributed by atoms with E-state index < -0.39 is 47.9 Å². The van der Waals surface area contributed by atoms with Crippen molar-refractivity contribution in [3.63, 3.8) is 0 Å². The second-order valence-electron chi connectivity index (χ2n) is 10.3. The van der Waals surface area contributed by atoms with Crippen LogP contribution in [0.3, 0.4) is 0 Å². The molecule has 0 fully saturated rings. The highest BCUT2D eigenvalue weighted by atomic mass is 16.4. The average molecular weight is 495 g/mol. The van der Waals surface area contributed by atoms with Crippen LogP contribution in [0.15, 0.2) is 12.5 Å². The minimum absolute atomic E-state index is 0.0396. The Hall–Kier alpha value is -2.95. The summed E-state index contributed by atoms with van der Waals surface area (Å²) >= 11 is 0. The van der Waals surface area contributed by atoms with E-state index in [1.807, 2.05) is 41.5 Å². The first-order chi connectivity index (χ1) is 16.3. The molecule has 198 valence electrons. The van der Waals surface area contributed by atoms with E-state index in [9.17, 15) is 24.3 Å². The predicted molar refractivity (Wildman–Crippen MR) is 132 cm³/mol. The third-order valence-electron chi connectivity index (χ3n) is 5.34. The number of H-pyrrole nitrogens is 1. The van der Waals surface area contributed by atoms with Gasteiger partial charge in [0, 0.05) is 18.3 Å². The maximum absolute atomic E-state index is 13.2. The summed E-state index contributed by atoms with van der Waals surface area (Å²) in [5.74, 6) is -2.43. The fourth-order valence-corrected chi connectivity index (χ4v) is 3.66. The van der Waals surface area contributed by atoms with Crippen LogP contribution in [0.4, 0.5) is 0 Å². The largest absolute Gasteiger partial charge is 0.480 e. The Kier molecular flexibility index (Phi) is 12.4. The number of nitrogens with one attached hydrogen (secondary N) is 4. The van der Waals surface area contributed by atoms with Gasteiger partial charge in [-0.25, -0.2) is 9.78 Å². The van der Waals surface area contributed by atoms with Crippen molar-refractivity contribution in [2.75, 3.05) is 0 Å². The van der Waals surface area contributed by atoms with Gasteiger partial charge in [0.2, 0.25) is 17.7 Å². The fourth-order valence-electron chi connectivity index (χ4n) is 3.66. The fraction of sp³-hybridized carbons (Fsp3) is 0.708. The molecule has 11 nitrogen and oxygen atoms in total. The number of carboxylic acid groups (broad SMARTS) is 1. The second-order valence-corrected chi connectivity index (χ2v) is 10.3. The molecule has 0 saturated carbocycles. The Balaban J connectivity index is 3.06. The van der Waals surface area contributed by atoms with Crippen molar-refractivity contribution in [2.24, 2.45) is 23.5 Å². The van der Waals surface area contributed by atoms with E-state index in [4.69, 9.17) is 5.73 Å². The Bertz CT molecular complexity index is 824. The van der Waals surface area contributed by atoms with Crippen LogP contribution in [-0.2, 0) is 25.6 Å². The number of carbonyl (C=O) groups is 4. The van der Waals surface area contributed by atoms with Gasteiger partial charge in [-0.3, -0.25) is 14.4 Å². The monoisotopic (exact) mass is 494 g/mol. The van der Waals surface area contributed by atoms with Crippen molar-refractivity contribution < 1.29 is 24.3 Å². The van der Waals surface area contributed by atoms with E-state index in [1.165, 1.54) is 12.5 Å². The molecule has 1 rings (SSSR count). The summed E-state index contributed by atoms with van der Waals surface area (Å²) in [5, 5.41) is 17.5. The molecule has 1 aromatic heterocycles. The number of aliphatic carboxylic acids is 1. The molecule has 35 heavy (non-hydrogen) atoms. The lowest BCUT2D eigenvalue weighted by Crippen LogP contribution is -2.58. The van der Waals surface area contributed by atoms with Crippen LogP contribution < -0.4 is 21.7 Å². The molecule has 0 aliphatic heterocycles. The summed E-state index contributed by atoms with van der Waals surface area (Å²) in [7, 11) is 0. The highest BCUT2D eigenvalue weighted by Gasteiger charge is 2.31. The molecule has 3 amide bonds. The van der Waals surface area contributed by atoms with Crippen molar-refractivity contribution >= 4 is 23.7 Å². The Morgan fingerprint density at radius 2 is 1.31 bits per heavy atom. The highest BCUT2D eigenvalue weighted by molar-refractivity contribution is 5.94. The van der Waals surface area contributed by atoms with Crippen LogP contribution >= 0.6 is 0 Å². The lowest BCUT2D eigenvalue weighted by molar-refractivity contribution is -0.142. The van der Waals surface area contributed by atoms with Gasteiger partial charge >= 0.3 is 5.97 Å². The summed E-state index contributed by atoms with van der Waals surface area (Å²) < 4.78 is 0. The Labute approximate surface area is 207 Å². The van der Waals surface area contributed by atoms with Gasteiger partial charge in [0.1, 0.15) is 18.1 Å². The van der Waals surface area contributed by atoms with Gasteiger partial charge in [-0.05, 0) is 37.0 Å². The van der Waals surface area contributed by atoms with Gasteiger partial charge in [0.25, 0.3) is 0 Å².